The zero-order valence-electron chi connectivity index (χ0n) is 7.91. The Kier molecular flexibility index (Phi) is 7.73. The van der Waals surface area contributed by atoms with E-state index in [9.17, 15) is 4.79 Å². The molecular weight excluding hydrogens is 263 g/mol. The van der Waals surface area contributed by atoms with Crippen LogP contribution in [0.3, 0.4) is 0 Å². The first-order valence-electron chi connectivity index (χ1n) is 4.08. The molecular formula is C10H14BrO2P. The van der Waals surface area contributed by atoms with Crippen molar-refractivity contribution in [3.8, 4) is 0 Å². The normalized spacial score (nSPS) is 8.93. The minimum Gasteiger partial charge on any atom is -0.461 e. The van der Waals surface area contributed by atoms with Gasteiger partial charge in [-0.2, -0.15) is 9.90 Å². The largest absolute Gasteiger partial charge is 0.461 e. The number of ether oxygens (including phenoxy) is 1. The molecule has 0 spiro atoms. The van der Waals surface area contributed by atoms with Gasteiger partial charge < -0.3 is 4.74 Å². The molecule has 0 aliphatic heterocycles. The molecule has 0 aliphatic carbocycles. The van der Waals surface area contributed by atoms with Crippen molar-refractivity contribution in [1.82, 2.24) is 0 Å². The lowest BCUT2D eigenvalue weighted by molar-refractivity contribution is -0.144. The number of benzene rings is 1. The molecule has 0 radical (unpaired) electrons. The van der Waals surface area contributed by atoms with Crippen molar-refractivity contribution in [3.05, 3.63) is 35.9 Å². The minimum absolute atomic E-state index is 0. The summed E-state index contributed by atoms with van der Waals surface area (Å²) in [6.07, 6.45) is 0.423. The van der Waals surface area contributed by atoms with Gasteiger partial charge in [0.15, 0.2) is 0 Å². The van der Waals surface area contributed by atoms with Crippen molar-refractivity contribution in [3.63, 3.8) is 0 Å². The van der Waals surface area contributed by atoms with Crippen molar-refractivity contribution >= 4 is 31.8 Å². The van der Waals surface area contributed by atoms with E-state index in [2.05, 4.69) is 15.9 Å². The van der Waals surface area contributed by atoms with Gasteiger partial charge in [-0.05, 0) is 5.56 Å². The SMILES string of the molecule is O=C(CCBr)OCc1ccccc1.P. The zero-order valence-corrected chi connectivity index (χ0v) is 10.9. The van der Waals surface area contributed by atoms with Crippen molar-refractivity contribution in [1.29, 1.82) is 0 Å². The second-order valence-corrected chi connectivity index (χ2v) is 3.38. The van der Waals surface area contributed by atoms with Crippen LogP contribution in [0.4, 0.5) is 0 Å². The molecule has 0 bridgehead atoms. The van der Waals surface area contributed by atoms with Crippen LogP contribution in [0.15, 0.2) is 30.3 Å². The van der Waals surface area contributed by atoms with Gasteiger partial charge in [0.2, 0.25) is 0 Å². The first kappa shape index (κ1) is 13.6. The summed E-state index contributed by atoms with van der Waals surface area (Å²) in [7, 11) is 0. The molecule has 0 heterocycles. The Morgan fingerprint density at radius 2 is 1.93 bits per heavy atom. The summed E-state index contributed by atoms with van der Waals surface area (Å²) < 4.78 is 5.00. The second kappa shape index (κ2) is 7.95. The lowest BCUT2D eigenvalue weighted by Crippen LogP contribution is -2.04. The number of carbonyl (C=O) groups is 1. The maximum atomic E-state index is 11.0. The topological polar surface area (TPSA) is 26.3 Å². The quantitative estimate of drug-likeness (QED) is 0.480. The molecule has 1 rings (SSSR count). The maximum Gasteiger partial charge on any atom is 0.306 e. The van der Waals surface area contributed by atoms with Crippen LogP contribution in [0, 0.1) is 0 Å². The molecule has 1 aromatic rings. The van der Waals surface area contributed by atoms with Crippen LogP contribution in [0.25, 0.3) is 0 Å². The number of esters is 1. The molecule has 0 saturated carbocycles. The molecule has 0 aliphatic rings. The van der Waals surface area contributed by atoms with Crippen molar-refractivity contribution in [2.45, 2.75) is 13.0 Å². The van der Waals surface area contributed by atoms with Gasteiger partial charge in [-0.3, -0.25) is 4.79 Å². The zero-order chi connectivity index (χ0) is 9.52. The number of alkyl halides is 1. The van der Waals surface area contributed by atoms with E-state index in [-0.39, 0.29) is 15.9 Å². The van der Waals surface area contributed by atoms with Crippen LogP contribution in [-0.4, -0.2) is 11.3 Å². The highest BCUT2D eigenvalue weighted by Gasteiger charge is 2.00. The Morgan fingerprint density at radius 1 is 1.29 bits per heavy atom. The van der Waals surface area contributed by atoms with Gasteiger partial charge in [0.1, 0.15) is 6.61 Å². The average Bonchev–Trinajstić information content (AvgIpc) is 2.17. The van der Waals surface area contributed by atoms with E-state index >= 15 is 0 Å². The van der Waals surface area contributed by atoms with Crippen molar-refractivity contribution < 1.29 is 9.53 Å². The van der Waals surface area contributed by atoms with Crippen LogP contribution < -0.4 is 0 Å². The van der Waals surface area contributed by atoms with E-state index in [0.717, 1.165) is 5.56 Å². The monoisotopic (exact) mass is 276 g/mol. The first-order valence-corrected chi connectivity index (χ1v) is 5.20. The van der Waals surface area contributed by atoms with Crippen LogP contribution in [0.5, 0.6) is 0 Å². The highest BCUT2D eigenvalue weighted by atomic mass is 79.9. The van der Waals surface area contributed by atoms with Gasteiger partial charge in [-0.1, -0.05) is 46.3 Å². The summed E-state index contributed by atoms with van der Waals surface area (Å²) in [4.78, 5) is 11.0. The number of hydrogen-bond acceptors (Lipinski definition) is 2. The molecule has 0 fully saturated rings. The fourth-order valence-corrected chi connectivity index (χ4v) is 1.21. The summed E-state index contributed by atoms with van der Waals surface area (Å²) in [6, 6.07) is 9.65. The van der Waals surface area contributed by atoms with Crippen LogP contribution in [-0.2, 0) is 16.1 Å². The predicted octanol–water partition coefficient (Wildman–Crippen LogP) is 2.57. The maximum absolute atomic E-state index is 11.0. The van der Waals surface area contributed by atoms with Crippen LogP contribution in [0.2, 0.25) is 0 Å². The summed E-state index contributed by atoms with van der Waals surface area (Å²) in [5, 5.41) is 0.653. The minimum atomic E-state index is -0.166. The van der Waals surface area contributed by atoms with Gasteiger partial charge in [-0.25, -0.2) is 0 Å². The third-order valence-corrected chi connectivity index (χ3v) is 1.94. The molecule has 0 amide bonds. The highest BCUT2D eigenvalue weighted by Crippen LogP contribution is 2.01. The molecule has 0 N–H and O–H groups in total. The molecule has 4 heteroatoms. The van der Waals surface area contributed by atoms with Crippen molar-refractivity contribution in [2.75, 3.05) is 5.33 Å². The lowest BCUT2D eigenvalue weighted by Gasteiger charge is -2.02. The van der Waals surface area contributed by atoms with Gasteiger partial charge in [0.25, 0.3) is 0 Å². The van der Waals surface area contributed by atoms with Gasteiger partial charge in [-0.15, -0.1) is 0 Å². The van der Waals surface area contributed by atoms with E-state index in [1.54, 1.807) is 0 Å². The van der Waals surface area contributed by atoms with E-state index < -0.39 is 0 Å². The number of rotatable bonds is 4. The van der Waals surface area contributed by atoms with Crippen LogP contribution in [0.1, 0.15) is 12.0 Å². The van der Waals surface area contributed by atoms with Gasteiger partial charge in [0, 0.05) is 5.33 Å². The smallest absolute Gasteiger partial charge is 0.306 e. The molecule has 14 heavy (non-hydrogen) atoms. The fraction of sp³-hybridized carbons (Fsp3) is 0.300. The number of hydrogen-bond donors (Lipinski definition) is 0. The third-order valence-electron chi connectivity index (χ3n) is 1.54. The number of carbonyl (C=O) groups excluding carboxylic acids is 1. The first-order chi connectivity index (χ1) is 6.33. The van der Waals surface area contributed by atoms with E-state index in [4.69, 9.17) is 4.74 Å². The molecule has 1 unspecified atom stereocenters. The van der Waals surface area contributed by atoms with E-state index in [1.807, 2.05) is 30.3 Å². The highest BCUT2D eigenvalue weighted by molar-refractivity contribution is 9.09. The third kappa shape index (κ3) is 5.36. The average molecular weight is 277 g/mol. The Hall–Kier alpha value is -0.400. The molecule has 2 nitrogen and oxygen atoms in total. The standard InChI is InChI=1S/C10H11BrO2.H3P/c11-7-6-10(12)13-8-9-4-2-1-3-5-9;/h1-5H,6-8H2;1H3. The Bertz CT molecular complexity index is 264. The van der Waals surface area contributed by atoms with Crippen LogP contribution >= 0.6 is 25.8 Å². The summed E-state index contributed by atoms with van der Waals surface area (Å²) in [5.74, 6) is -0.166. The van der Waals surface area contributed by atoms with E-state index in [1.165, 1.54) is 0 Å². The lowest BCUT2D eigenvalue weighted by atomic mass is 10.2. The molecule has 0 saturated heterocycles. The molecule has 78 valence electrons. The molecule has 1 atom stereocenters. The Balaban J connectivity index is 0.00000169. The number of halogens is 1. The van der Waals surface area contributed by atoms with E-state index in [0.29, 0.717) is 18.4 Å². The summed E-state index contributed by atoms with van der Waals surface area (Å²) in [6.45, 7) is 0.368. The predicted molar refractivity (Wildman–Crippen MR) is 65.8 cm³/mol. The van der Waals surface area contributed by atoms with Gasteiger partial charge in [0.05, 0.1) is 6.42 Å². The Morgan fingerprint density at radius 3 is 2.50 bits per heavy atom. The fourth-order valence-electron chi connectivity index (χ4n) is 0.887. The van der Waals surface area contributed by atoms with Gasteiger partial charge >= 0.3 is 5.97 Å². The summed E-state index contributed by atoms with van der Waals surface area (Å²) in [5.41, 5.74) is 1.02. The molecule has 1 aromatic carbocycles. The van der Waals surface area contributed by atoms with Crippen molar-refractivity contribution in [2.24, 2.45) is 0 Å². The molecule has 0 aromatic heterocycles. The second-order valence-electron chi connectivity index (χ2n) is 2.59. The summed E-state index contributed by atoms with van der Waals surface area (Å²) >= 11 is 3.18. The Labute approximate surface area is 95.8 Å².